The summed E-state index contributed by atoms with van der Waals surface area (Å²) in [5, 5.41) is 3.45. The van der Waals surface area contributed by atoms with Gasteiger partial charge in [0.25, 0.3) is 0 Å². The summed E-state index contributed by atoms with van der Waals surface area (Å²) >= 11 is 0. The van der Waals surface area contributed by atoms with Crippen LogP contribution in [0.4, 0.5) is 5.69 Å². The summed E-state index contributed by atoms with van der Waals surface area (Å²) in [5.74, 6) is 0.774. The second-order valence-electron chi connectivity index (χ2n) is 3.65. The third-order valence-corrected chi connectivity index (χ3v) is 2.72. The molecule has 14 heavy (non-hydrogen) atoms. The Labute approximate surface area is 84.3 Å². The van der Waals surface area contributed by atoms with Crippen LogP contribution >= 0.6 is 0 Å². The Hall–Kier alpha value is -1.22. The molecule has 1 aromatic carbocycles. The van der Waals surface area contributed by atoms with E-state index in [-0.39, 0.29) is 0 Å². The number of hydrogen-bond acceptors (Lipinski definition) is 3. The van der Waals surface area contributed by atoms with E-state index in [1.54, 1.807) is 7.11 Å². The number of nitrogens with two attached hydrogens (primary N) is 1. The first-order valence-electron chi connectivity index (χ1n) is 4.98. The van der Waals surface area contributed by atoms with E-state index in [9.17, 15) is 0 Å². The largest absolute Gasteiger partial charge is 0.495 e. The van der Waals surface area contributed by atoms with Gasteiger partial charge in [-0.1, -0.05) is 6.07 Å². The number of methoxy groups -OCH3 is 1. The van der Waals surface area contributed by atoms with Gasteiger partial charge in [-0.3, -0.25) is 0 Å². The molecule has 0 aromatic heterocycles. The Balaban J connectivity index is 2.25. The minimum atomic E-state index is 0.476. The number of nitrogens with one attached hydrogen (secondary N) is 1. The van der Waals surface area contributed by atoms with Crippen molar-refractivity contribution >= 4 is 5.69 Å². The van der Waals surface area contributed by atoms with E-state index in [0.29, 0.717) is 11.7 Å². The molecule has 0 saturated carbocycles. The highest BCUT2D eigenvalue weighted by molar-refractivity contribution is 5.54. The average molecular weight is 192 g/mol. The molecule has 0 unspecified atom stereocenters. The topological polar surface area (TPSA) is 47.3 Å². The van der Waals surface area contributed by atoms with Crippen molar-refractivity contribution in [3.63, 3.8) is 0 Å². The zero-order chi connectivity index (χ0) is 9.97. The standard InChI is InChI=1S/C11H16N2O/c1-14-11-7-8(4-5-9(11)12)10-3-2-6-13-10/h4-5,7,10,13H,2-3,6,12H2,1H3/t10-/m0/s1. The van der Waals surface area contributed by atoms with Crippen molar-refractivity contribution in [1.29, 1.82) is 0 Å². The first kappa shape index (κ1) is 9.34. The molecule has 3 heteroatoms. The number of benzene rings is 1. The fourth-order valence-electron chi connectivity index (χ4n) is 1.91. The zero-order valence-electron chi connectivity index (χ0n) is 8.42. The number of ether oxygens (including phenoxy) is 1. The molecule has 1 aliphatic rings. The third kappa shape index (κ3) is 1.68. The molecule has 1 saturated heterocycles. The van der Waals surface area contributed by atoms with Crippen LogP contribution in [-0.4, -0.2) is 13.7 Å². The molecule has 0 radical (unpaired) electrons. The van der Waals surface area contributed by atoms with Gasteiger partial charge in [-0.05, 0) is 37.1 Å². The van der Waals surface area contributed by atoms with Crippen molar-refractivity contribution < 1.29 is 4.74 Å². The molecule has 0 aliphatic carbocycles. The molecule has 3 nitrogen and oxygen atoms in total. The molecule has 76 valence electrons. The minimum Gasteiger partial charge on any atom is -0.495 e. The van der Waals surface area contributed by atoms with E-state index >= 15 is 0 Å². The van der Waals surface area contributed by atoms with Crippen molar-refractivity contribution in [2.45, 2.75) is 18.9 Å². The molecule has 0 spiro atoms. The van der Waals surface area contributed by atoms with E-state index in [4.69, 9.17) is 10.5 Å². The number of rotatable bonds is 2. The van der Waals surface area contributed by atoms with E-state index in [0.717, 1.165) is 12.3 Å². The lowest BCUT2D eigenvalue weighted by molar-refractivity contribution is 0.415. The summed E-state index contributed by atoms with van der Waals surface area (Å²) in [6.07, 6.45) is 2.45. The lowest BCUT2D eigenvalue weighted by Crippen LogP contribution is -2.12. The van der Waals surface area contributed by atoms with E-state index in [1.807, 2.05) is 12.1 Å². The molecule has 1 aromatic rings. The van der Waals surface area contributed by atoms with Gasteiger partial charge >= 0.3 is 0 Å². The fourth-order valence-corrected chi connectivity index (χ4v) is 1.91. The van der Waals surface area contributed by atoms with Crippen molar-refractivity contribution in [2.75, 3.05) is 19.4 Å². The first-order chi connectivity index (χ1) is 6.81. The van der Waals surface area contributed by atoms with Crippen LogP contribution < -0.4 is 15.8 Å². The molecule has 1 atom stereocenters. The molecule has 0 bridgehead atoms. The summed E-state index contributed by atoms with van der Waals surface area (Å²) in [6.45, 7) is 1.11. The Morgan fingerprint density at radius 3 is 3.00 bits per heavy atom. The number of hydrogen-bond donors (Lipinski definition) is 2. The van der Waals surface area contributed by atoms with Crippen LogP contribution in [-0.2, 0) is 0 Å². The molecule has 1 fully saturated rings. The van der Waals surface area contributed by atoms with E-state index in [1.165, 1.54) is 18.4 Å². The van der Waals surface area contributed by atoms with E-state index in [2.05, 4.69) is 11.4 Å². The Bertz CT molecular complexity index is 319. The lowest BCUT2D eigenvalue weighted by atomic mass is 10.0. The van der Waals surface area contributed by atoms with E-state index < -0.39 is 0 Å². The third-order valence-electron chi connectivity index (χ3n) is 2.72. The SMILES string of the molecule is COc1cc([C@@H]2CCCN2)ccc1N. The lowest BCUT2D eigenvalue weighted by Gasteiger charge is -2.13. The first-order valence-corrected chi connectivity index (χ1v) is 4.98. The Morgan fingerprint density at radius 2 is 2.36 bits per heavy atom. The molecule has 1 aliphatic heterocycles. The van der Waals surface area contributed by atoms with Gasteiger partial charge in [-0.25, -0.2) is 0 Å². The van der Waals surface area contributed by atoms with Gasteiger partial charge in [-0.15, -0.1) is 0 Å². The highest BCUT2D eigenvalue weighted by Crippen LogP contribution is 2.29. The van der Waals surface area contributed by atoms with Gasteiger partial charge in [0.1, 0.15) is 5.75 Å². The van der Waals surface area contributed by atoms with Crippen LogP contribution in [0.5, 0.6) is 5.75 Å². The predicted molar refractivity (Wildman–Crippen MR) is 57.4 cm³/mol. The summed E-state index contributed by atoms with van der Waals surface area (Å²) in [7, 11) is 1.65. The van der Waals surface area contributed by atoms with Gasteiger partial charge in [0, 0.05) is 6.04 Å². The smallest absolute Gasteiger partial charge is 0.142 e. The quantitative estimate of drug-likeness (QED) is 0.701. The van der Waals surface area contributed by atoms with Crippen LogP contribution in [0.2, 0.25) is 0 Å². The second-order valence-corrected chi connectivity index (χ2v) is 3.65. The normalized spacial score (nSPS) is 21.1. The maximum absolute atomic E-state index is 5.75. The Morgan fingerprint density at radius 1 is 1.50 bits per heavy atom. The summed E-state index contributed by atoms with van der Waals surface area (Å²) < 4.78 is 5.19. The van der Waals surface area contributed by atoms with Crippen LogP contribution in [0, 0.1) is 0 Å². The summed E-state index contributed by atoms with van der Waals surface area (Å²) in [4.78, 5) is 0. The number of nitrogen functional groups attached to an aromatic ring is 1. The van der Waals surface area contributed by atoms with Crippen LogP contribution in [0.25, 0.3) is 0 Å². The van der Waals surface area contributed by atoms with Gasteiger partial charge < -0.3 is 15.8 Å². The summed E-state index contributed by atoms with van der Waals surface area (Å²) in [6, 6.07) is 6.48. The zero-order valence-corrected chi connectivity index (χ0v) is 8.42. The maximum Gasteiger partial charge on any atom is 0.142 e. The minimum absolute atomic E-state index is 0.476. The van der Waals surface area contributed by atoms with Crippen LogP contribution in [0.1, 0.15) is 24.4 Å². The molecular formula is C11H16N2O. The van der Waals surface area contributed by atoms with Gasteiger partial charge in [0.2, 0.25) is 0 Å². The van der Waals surface area contributed by atoms with Gasteiger partial charge in [-0.2, -0.15) is 0 Å². The maximum atomic E-state index is 5.75. The fraction of sp³-hybridized carbons (Fsp3) is 0.455. The van der Waals surface area contributed by atoms with Gasteiger partial charge in [0.15, 0.2) is 0 Å². The molecule has 2 rings (SSSR count). The highest BCUT2D eigenvalue weighted by Gasteiger charge is 2.16. The van der Waals surface area contributed by atoms with Crippen molar-refractivity contribution in [2.24, 2.45) is 0 Å². The molecular weight excluding hydrogens is 176 g/mol. The Kier molecular flexibility index (Phi) is 2.59. The van der Waals surface area contributed by atoms with Crippen LogP contribution in [0.3, 0.4) is 0 Å². The average Bonchev–Trinajstić information content (AvgIpc) is 2.71. The molecule has 0 amide bonds. The molecule has 1 heterocycles. The summed E-state index contributed by atoms with van der Waals surface area (Å²) in [5.41, 5.74) is 7.73. The predicted octanol–water partition coefficient (Wildman–Crippen LogP) is 1.70. The highest BCUT2D eigenvalue weighted by atomic mass is 16.5. The van der Waals surface area contributed by atoms with Gasteiger partial charge in [0.05, 0.1) is 12.8 Å². The molecule has 3 N–H and O–H groups in total. The van der Waals surface area contributed by atoms with Crippen molar-refractivity contribution in [1.82, 2.24) is 5.32 Å². The number of anilines is 1. The van der Waals surface area contributed by atoms with Crippen molar-refractivity contribution in [3.05, 3.63) is 23.8 Å². The van der Waals surface area contributed by atoms with Crippen LogP contribution in [0.15, 0.2) is 18.2 Å². The van der Waals surface area contributed by atoms with Crippen molar-refractivity contribution in [3.8, 4) is 5.75 Å². The monoisotopic (exact) mass is 192 g/mol. The second kappa shape index (κ2) is 3.88.